The summed E-state index contributed by atoms with van der Waals surface area (Å²) in [5.41, 5.74) is 0.440. The molecule has 2 nitrogen and oxygen atoms in total. The normalized spacial score (nSPS) is 21.3. The highest BCUT2D eigenvalue weighted by molar-refractivity contribution is 4.90. The molecule has 0 aromatic carbocycles. The van der Waals surface area contributed by atoms with E-state index in [-0.39, 0.29) is 0 Å². The Morgan fingerprint density at radius 1 is 1.36 bits per heavy atom. The van der Waals surface area contributed by atoms with Gasteiger partial charge >= 0.3 is 0 Å². The summed E-state index contributed by atoms with van der Waals surface area (Å²) in [5.74, 6) is 0. The van der Waals surface area contributed by atoms with Crippen LogP contribution in [0.5, 0.6) is 0 Å². The van der Waals surface area contributed by atoms with Gasteiger partial charge in [0.1, 0.15) is 0 Å². The van der Waals surface area contributed by atoms with Crippen molar-refractivity contribution in [1.82, 2.24) is 5.32 Å². The number of aliphatic hydroxyl groups excluding tert-OH is 1. The van der Waals surface area contributed by atoms with Crippen molar-refractivity contribution < 1.29 is 5.11 Å². The topological polar surface area (TPSA) is 32.3 Å². The molecule has 1 rings (SSSR count). The third-order valence-electron chi connectivity index (χ3n) is 2.59. The first kappa shape index (κ1) is 9.01. The molecule has 11 heavy (non-hydrogen) atoms. The number of hydrogen-bond acceptors (Lipinski definition) is 2. The molecule has 0 aliphatic heterocycles. The molecule has 0 atom stereocenters. The second-order valence-electron chi connectivity index (χ2n) is 3.77. The van der Waals surface area contributed by atoms with Gasteiger partial charge in [0.2, 0.25) is 0 Å². The summed E-state index contributed by atoms with van der Waals surface area (Å²) in [5, 5.41) is 12.1. The number of rotatable bonds is 5. The van der Waals surface area contributed by atoms with Gasteiger partial charge in [-0.25, -0.2) is 0 Å². The van der Waals surface area contributed by atoms with Gasteiger partial charge in [-0.05, 0) is 45.6 Å². The number of hydrogen-bond donors (Lipinski definition) is 2. The second-order valence-corrected chi connectivity index (χ2v) is 3.77. The maximum absolute atomic E-state index is 8.54. The Bertz CT molecular complexity index is 110. The molecule has 2 heteroatoms. The first-order valence-electron chi connectivity index (χ1n) is 4.63. The van der Waals surface area contributed by atoms with Gasteiger partial charge in [0, 0.05) is 12.1 Å². The van der Waals surface area contributed by atoms with Crippen molar-refractivity contribution in [2.24, 2.45) is 0 Å². The fourth-order valence-electron chi connectivity index (χ4n) is 1.51. The summed E-state index contributed by atoms with van der Waals surface area (Å²) in [4.78, 5) is 0. The molecule has 1 aliphatic rings. The van der Waals surface area contributed by atoms with Crippen molar-refractivity contribution in [3.63, 3.8) is 0 Å². The summed E-state index contributed by atoms with van der Waals surface area (Å²) in [7, 11) is 0. The lowest BCUT2D eigenvalue weighted by atomic mass is 9.78. The Balaban J connectivity index is 1.94. The van der Waals surface area contributed by atoms with Crippen LogP contribution in [0.3, 0.4) is 0 Å². The summed E-state index contributed by atoms with van der Waals surface area (Å²) in [6, 6.07) is 0. The highest BCUT2D eigenvalue weighted by atomic mass is 16.2. The molecular formula is C9H19NO. The maximum atomic E-state index is 8.54. The predicted octanol–water partition coefficient (Wildman–Crippen LogP) is 1.29. The zero-order chi connectivity index (χ0) is 8.16. The van der Waals surface area contributed by atoms with Crippen LogP contribution >= 0.6 is 0 Å². The molecule has 1 saturated carbocycles. The lowest BCUT2D eigenvalue weighted by molar-refractivity contribution is 0.204. The molecule has 0 heterocycles. The Morgan fingerprint density at radius 3 is 2.55 bits per heavy atom. The fourth-order valence-corrected chi connectivity index (χ4v) is 1.51. The molecule has 66 valence electrons. The van der Waals surface area contributed by atoms with Crippen LogP contribution in [0.4, 0.5) is 0 Å². The van der Waals surface area contributed by atoms with Crippen LogP contribution in [0.25, 0.3) is 0 Å². The van der Waals surface area contributed by atoms with Crippen LogP contribution in [-0.4, -0.2) is 23.8 Å². The number of aliphatic hydroxyl groups is 1. The van der Waals surface area contributed by atoms with Crippen molar-refractivity contribution in [3.8, 4) is 0 Å². The van der Waals surface area contributed by atoms with Crippen molar-refractivity contribution in [2.45, 2.75) is 44.6 Å². The molecule has 1 aliphatic carbocycles. The molecule has 0 aromatic heterocycles. The Morgan fingerprint density at radius 2 is 2.09 bits per heavy atom. The summed E-state index contributed by atoms with van der Waals surface area (Å²) in [6.07, 6.45) is 6.07. The lowest BCUT2D eigenvalue weighted by Gasteiger charge is -2.39. The maximum Gasteiger partial charge on any atom is 0.0431 e. The zero-order valence-electron chi connectivity index (χ0n) is 7.40. The quantitative estimate of drug-likeness (QED) is 0.589. The van der Waals surface area contributed by atoms with Gasteiger partial charge in [-0.1, -0.05) is 0 Å². The van der Waals surface area contributed by atoms with E-state index in [1.807, 2.05) is 0 Å². The van der Waals surface area contributed by atoms with Crippen LogP contribution in [0.1, 0.15) is 39.0 Å². The van der Waals surface area contributed by atoms with Crippen molar-refractivity contribution in [1.29, 1.82) is 0 Å². The largest absolute Gasteiger partial charge is 0.396 e. The SMILES string of the molecule is CC1(NCCCCO)CCC1. The van der Waals surface area contributed by atoms with E-state index in [9.17, 15) is 0 Å². The minimum absolute atomic E-state index is 0.332. The lowest BCUT2D eigenvalue weighted by Crippen LogP contribution is -2.48. The molecule has 0 bridgehead atoms. The van der Waals surface area contributed by atoms with Gasteiger partial charge in [0.05, 0.1) is 0 Å². The summed E-state index contributed by atoms with van der Waals surface area (Å²) >= 11 is 0. The van der Waals surface area contributed by atoms with Crippen molar-refractivity contribution in [2.75, 3.05) is 13.2 Å². The van der Waals surface area contributed by atoms with Crippen LogP contribution in [0.2, 0.25) is 0 Å². The van der Waals surface area contributed by atoms with Crippen LogP contribution in [0, 0.1) is 0 Å². The minimum Gasteiger partial charge on any atom is -0.396 e. The Hall–Kier alpha value is -0.0800. The molecule has 2 N–H and O–H groups in total. The highest BCUT2D eigenvalue weighted by Crippen LogP contribution is 2.30. The second kappa shape index (κ2) is 4.07. The van der Waals surface area contributed by atoms with Crippen LogP contribution < -0.4 is 5.32 Å². The van der Waals surface area contributed by atoms with Gasteiger partial charge in [-0.15, -0.1) is 0 Å². The Kier molecular flexibility index (Phi) is 3.34. The molecule has 0 spiro atoms. The molecule has 0 radical (unpaired) electrons. The average Bonchev–Trinajstić information content (AvgIpc) is 1.95. The minimum atomic E-state index is 0.332. The molecule has 0 aromatic rings. The first-order valence-corrected chi connectivity index (χ1v) is 4.63. The van der Waals surface area contributed by atoms with Crippen LogP contribution in [-0.2, 0) is 0 Å². The van der Waals surface area contributed by atoms with Gasteiger partial charge < -0.3 is 10.4 Å². The molecule has 0 amide bonds. The number of unbranched alkanes of at least 4 members (excludes halogenated alkanes) is 1. The van der Waals surface area contributed by atoms with E-state index in [0.717, 1.165) is 19.4 Å². The van der Waals surface area contributed by atoms with E-state index in [0.29, 0.717) is 12.1 Å². The van der Waals surface area contributed by atoms with E-state index < -0.39 is 0 Å². The van der Waals surface area contributed by atoms with Gasteiger partial charge in [-0.3, -0.25) is 0 Å². The molecule has 0 saturated heterocycles. The molecule has 0 unspecified atom stereocenters. The van der Waals surface area contributed by atoms with Gasteiger partial charge in [-0.2, -0.15) is 0 Å². The van der Waals surface area contributed by atoms with E-state index in [1.54, 1.807) is 0 Å². The predicted molar refractivity (Wildman–Crippen MR) is 46.6 cm³/mol. The van der Waals surface area contributed by atoms with Gasteiger partial charge in [0.25, 0.3) is 0 Å². The number of nitrogens with one attached hydrogen (secondary N) is 1. The van der Waals surface area contributed by atoms with E-state index in [1.165, 1.54) is 19.3 Å². The smallest absolute Gasteiger partial charge is 0.0431 e. The fraction of sp³-hybridized carbons (Fsp3) is 1.00. The van der Waals surface area contributed by atoms with E-state index in [4.69, 9.17) is 5.11 Å². The van der Waals surface area contributed by atoms with Crippen LogP contribution in [0.15, 0.2) is 0 Å². The first-order chi connectivity index (χ1) is 5.27. The van der Waals surface area contributed by atoms with E-state index >= 15 is 0 Å². The standard InChI is InChI=1S/C9H19NO/c1-9(5-4-6-9)10-7-2-3-8-11/h10-11H,2-8H2,1H3. The third kappa shape index (κ3) is 2.80. The molecule has 1 fully saturated rings. The third-order valence-corrected chi connectivity index (χ3v) is 2.59. The average molecular weight is 157 g/mol. The zero-order valence-corrected chi connectivity index (χ0v) is 7.40. The Labute approximate surface area is 69.0 Å². The summed E-state index contributed by atoms with van der Waals surface area (Å²) in [6.45, 7) is 3.69. The van der Waals surface area contributed by atoms with Crippen molar-refractivity contribution >= 4 is 0 Å². The highest BCUT2D eigenvalue weighted by Gasteiger charge is 2.30. The van der Waals surface area contributed by atoms with E-state index in [2.05, 4.69) is 12.2 Å². The monoisotopic (exact) mass is 157 g/mol. The molecular weight excluding hydrogens is 138 g/mol. The van der Waals surface area contributed by atoms with Crippen molar-refractivity contribution in [3.05, 3.63) is 0 Å². The summed E-state index contributed by atoms with van der Waals surface area (Å²) < 4.78 is 0. The van der Waals surface area contributed by atoms with Gasteiger partial charge in [0.15, 0.2) is 0 Å².